The topological polar surface area (TPSA) is 42.0 Å². The van der Waals surface area contributed by atoms with Crippen molar-refractivity contribution >= 4 is 11.6 Å². The third-order valence-electron chi connectivity index (χ3n) is 3.35. The van der Waals surface area contributed by atoms with Gasteiger partial charge in [-0.25, -0.2) is 4.39 Å². The average molecular weight is 256 g/mol. The van der Waals surface area contributed by atoms with Gasteiger partial charge in [0.1, 0.15) is 5.82 Å². The van der Waals surface area contributed by atoms with Crippen LogP contribution in [-0.4, -0.2) is 10.9 Å². The molecule has 96 valence electrons. The highest BCUT2D eigenvalue weighted by Gasteiger charge is 2.43. The summed E-state index contributed by atoms with van der Waals surface area (Å²) >= 11 is 0. The molecule has 0 bridgehead atoms. The number of rotatable bonds is 3. The number of amides is 1. The van der Waals surface area contributed by atoms with E-state index in [-0.39, 0.29) is 23.6 Å². The monoisotopic (exact) mass is 256 g/mol. The van der Waals surface area contributed by atoms with E-state index >= 15 is 0 Å². The molecule has 1 aliphatic carbocycles. The number of halogens is 1. The Hall–Kier alpha value is -2.23. The lowest BCUT2D eigenvalue weighted by molar-refractivity contribution is -0.117. The Bertz CT molecular complexity index is 583. The lowest BCUT2D eigenvalue weighted by atomic mass is 10.1. The molecule has 1 amide bonds. The Morgan fingerprint density at radius 2 is 2.05 bits per heavy atom. The van der Waals surface area contributed by atoms with Gasteiger partial charge >= 0.3 is 0 Å². The molecular formula is C15H13FN2O. The summed E-state index contributed by atoms with van der Waals surface area (Å²) in [5.74, 6) is -0.0639. The van der Waals surface area contributed by atoms with Crippen LogP contribution < -0.4 is 5.32 Å². The minimum atomic E-state index is -0.249. The van der Waals surface area contributed by atoms with Crippen molar-refractivity contribution in [3.8, 4) is 0 Å². The van der Waals surface area contributed by atoms with Crippen molar-refractivity contribution in [1.29, 1.82) is 0 Å². The normalized spacial score (nSPS) is 20.9. The first kappa shape index (κ1) is 11.8. The van der Waals surface area contributed by atoms with Gasteiger partial charge in [-0.2, -0.15) is 0 Å². The van der Waals surface area contributed by atoms with Gasteiger partial charge in [0.25, 0.3) is 0 Å². The van der Waals surface area contributed by atoms with Crippen molar-refractivity contribution < 1.29 is 9.18 Å². The fraction of sp³-hybridized carbons (Fsp3) is 0.200. The third kappa shape index (κ3) is 2.62. The van der Waals surface area contributed by atoms with Gasteiger partial charge < -0.3 is 5.32 Å². The van der Waals surface area contributed by atoms with Gasteiger partial charge in [-0.05, 0) is 42.2 Å². The van der Waals surface area contributed by atoms with E-state index in [0.717, 1.165) is 12.0 Å². The Balaban J connectivity index is 1.63. The molecule has 3 rings (SSSR count). The minimum Gasteiger partial charge on any atom is -0.324 e. The molecule has 0 saturated heterocycles. The van der Waals surface area contributed by atoms with Crippen molar-refractivity contribution in [2.75, 3.05) is 5.32 Å². The molecule has 1 aromatic heterocycles. The first-order chi connectivity index (χ1) is 9.24. The number of carbonyl (C=O) groups excluding carboxylic acids is 1. The smallest absolute Gasteiger partial charge is 0.228 e. The summed E-state index contributed by atoms with van der Waals surface area (Å²) < 4.78 is 12.8. The minimum absolute atomic E-state index is 0.00215. The van der Waals surface area contributed by atoms with Gasteiger partial charge in [0.15, 0.2) is 0 Å². The Morgan fingerprint density at radius 1 is 1.26 bits per heavy atom. The molecule has 2 unspecified atom stereocenters. The van der Waals surface area contributed by atoms with E-state index in [1.54, 1.807) is 36.7 Å². The standard InChI is InChI=1S/C15H13FN2O/c16-11-5-3-10(4-6-11)13-8-14(13)15(19)18-12-2-1-7-17-9-12/h1-7,9,13-14H,8H2,(H,18,19). The number of aromatic nitrogens is 1. The van der Waals surface area contributed by atoms with Crippen molar-refractivity contribution in [1.82, 2.24) is 4.98 Å². The molecule has 1 N–H and O–H groups in total. The van der Waals surface area contributed by atoms with Crippen LogP contribution in [-0.2, 0) is 4.79 Å². The molecule has 2 atom stereocenters. The van der Waals surface area contributed by atoms with Crippen LogP contribution in [0.1, 0.15) is 17.9 Å². The van der Waals surface area contributed by atoms with Crippen LogP contribution in [0.5, 0.6) is 0 Å². The van der Waals surface area contributed by atoms with Crippen LogP contribution >= 0.6 is 0 Å². The summed E-state index contributed by atoms with van der Waals surface area (Å²) in [5.41, 5.74) is 1.73. The van der Waals surface area contributed by atoms with Crippen LogP contribution in [0.15, 0.2) is 48.8 Å². The second-order valence-electron chi connectivity index (χ2n) is 4.73. The maximum Gasteiger partial charge on any atom is 0.228 e. The third-order valence-corrected chi connectivity index (χ3v) is 3.35. The summed E-state index contributed by atoms with van der Waals surface area (Å²) in [7, 11) is 0. The zero-order chi connectivity index (χ0) is 13.2. The van der Waals surface area contributed by atoms with E-state index < -0.39 is 0 Å². The highest BCUT2D eigenvalue weighted by Crippen LogP contribution is 2.47. The summed E-state index contributed by atoms with van der Waals surface area (Å²) in [6.07, 6.45) is 4.10. The van der Waals surface area contributed by atoms with E-state index in [1.807, 2.05) is 0 Å². The fourth-order valence-corrected chi connectivity index (χ4v) is 2.23. The SMILES string of the molecule is O=C(Nc1cccnc1)C1CC1c1ccc(F)cc1. The van der Waals surface area contributed by atoms with Crippen molar-refractivity contribution in [2.24, 2.45) is 5.92 Å². The van der Waals surface area contributed by atoms with Crippen molar-refractivity contribution in [3.05, 3.63) is 60.2 Å². The number of benzene rings is 1. The first-order valence-corrected chi connectivity index (χ1v) is 6.20. The summed E-state index contributed by atoms with van der Waals surface area (Å²) in [6, 6.07) is 9.95. The maximum atomic E-state index is 12.8. The van der Waals surface area contributed by atoms with E-state index in [9.17, 15) is 9.18 Å². The zero-order valence-corrected chi connectivity index (χ0v) is 10.2. The molecule has 3 nitrogen and oxygen atoms in total. The van der Waals surface area contributed by atoms with Crippen molar-refractivity contribution in [3.63, 3.8) is 0 Å². The molecule has 2 aromatic rings. The van der Waals surface area contributed by atoms with Gasteiger partial charge in [0.05, 0.1) is 11.9 Å². The predicted molar refractivity (Wildman–Crippen MR) is 70.1 cm³/mol. The van der Waals surface area contributed by atoms with Gasteiger partial charge in [-0.1, -0.05) is 12.1 Å². The summed E-state index contributed by atoms with van der Waals surface area (Å²) in [6.45, 7) is 0. The molecule has 0 spiro atoms. The van der Waals surface area contributed by atoms with Crippen LogP contribution in [0, 0.1) is 11.7 Å². The number of anilines is 1. The molecule has 0 radical (unpaired) electrons. The van der Waals surface area contributed by atoms with Crippen molar-refractivity contribution in [2.45, 2.75) is 12.3 Å². The quantitative estimate of drug-likeness (QED) is 0.917. The molecule has 1 saturated carbocycles. The Kier molecular flexibility index (Phi) is 2.99. The van der Waals surface area contributed by atoms with Gasteiger partial charge in [0, 0.05) is 12.1 Å². The van der Waals surface area contributed by atoms with Crippen LogP contribution in [0.2, 0.25) is 0 Å². The molecule has 1 fully saturated rings. The molecule has 1 heterocycles. The van der Waals surface area contributed by atoms with Crippen LogP contribution in [0.3, 0.4) is 0 Å². The number of nitrogens with one attached hydrogen (secondary N) is 1. The number of carbonyl (C=O) groups is 1. The molecular weight excluding hydrogens is 243 g/mol. The second-order valence-corrected chi connectivity index (χ2v) is 4.73. The largest absolute Gasteiger partial charge is 0.324 e. The molecule has 1 aliphatic rings. The van der Waals surface area contributed by atoms with Gasteiger partial charge in [0.2, 0.25) is 5.91 Å². The number of pyridine rings is 1. The summed E-state index contributed by atoms with van der Waals surface area (Å²) in [4.78, 5) is 16.0. The van der Waals surface area contributed by atoms with E-state index in [1.165, 1.54) is 12.1 Å². The maximum absolute atomic E-state index is 12.8. The fourth-order valence-electron chi connectivity index (χ4n) is 2.23. The number of hydrogen-bond donors (Lipinski definition) is 1. The molecule has 4 heteroatoms. The van der Waals surface area contributed by atoms with Crippen LogP contribution in [0.25, 0.3) is 0 Å². The molecule has 1 aromatic carbocycles. The highest BCUT2D eigenvalue weighted by atomic mass is 19.1. The number of nitrogens with zero attached hydrogens (tertiary/aromatic N) is 1. The predicted octanol–water partition coefficient (Wildman–Crippen LogP) is 2.96. The highest BCUT2D eigenvalue weighted by molar-refractivity contribution is 5.95. The lowest BCUT2D eigenvalue weighted by Crippen LogP contribution is -2.14. The van der Waals surface area contributed by atoms with E-state index in [4.69, 9.17) is 0 Å². The molecule has 19 heavy (non-hydrogen) atoms. The zero-order valence-electron chi connectivity index (χ0n) is 10.2. The van der Waals surface area contributed by atoms with Gasteiger partial charge in [-0.15, -0.1) is 0 Å². The first-order valence-electron chi connectivity index (χ1n) is 6.20. The average Bonchev–Trinajstić information content (AvgIpc) is 3.21. The number of hydrogen-bond acceptors (Lipinski definition) is 2. The lowest BCUT2D eigenvalue weighted by Gasteiger charge is -2.04. The Morgan fingerprint density at radius 3 is 2.74 bits per heavy atom. The molecule has 0 aliphatic heterocycles. The van der Waals surface area contributed by atoms with Gasteiger partial charge in [-0.3, -0.25) is 9.78 Å². The van der Waals surface area contributed by atoms with E-state index in [0.29, 0.717) is 5.69 Å². The second kappa shape index (κ2) is 4.80. The van der Waals surface area contributed by atoms with Crippen LogP contribution in [0.4, 0.5) is 10.1 Å². The summed E-state index contributed by atoms with van der Waals surface area (Å²) in [5, 5.41) is 2.84. The Labute approximate surface area is 110 Å². The van der Waals surface area contributed by atoms with E-state index in [2.05, 4.69) is 10.3 Å².